The van der Waals surface area contributed by atoms with Crippen LogP contribution in [0.1, 0.15) is 37.7 Å². The van der Waals surface area contributed by atoms with Gasteiger partial charge in [-0.1, -0.05) is 31.4 Å². The first kappa shape index (κ1) is 20.1. The molecule has 1 aliphatic heterocycles. The van der Waals surface area contributed by atoms with Gasteiger partial charge in [-0.15, -0.1) is 11.8 Å². The van der Waals surface area contributed by atoms with Gasteiger partial charge in [0.05, 0.1) is 5.75 Å². The van der Waals surface area contributed by atoms with E-state index >= 15 is 0 Å². The SMILES string of the molecule is O=C(CSc1ccc2c(c1)OCCO2)N(Cc1ccc(F)cc1)C1CCCCC1. The van der Waals surface area contributed by atoms with Crippen molar-refractivity contribution in [1.29, 1.82) is 0 Å². The van der Waals surface area contributed by atoms with Gasteiger partial charge in [-0.2, -0.15) is 0 Å². The quantitative estimate of drug-likeness (QED) is 0.619. The maximum Gasteiger partial charge on any atom is 0.233 e. The molecular formula is C23H26FNO3S. The average molecular weight is 416 g/mol. The van der Waals surface area contributed by atoms with Crippen molar-refractivity contribution in [3.05, 3.63) is 53.8 Å². The Hall–Kier alpha value is -2.21. The molecule has 1 heterocycles. The van der Waals surface area contributed by atoms with Gasteiger partial charge in [-0.25, -0.2) is 4.39 Å². The maximum atomic E-state index is 13.3. The molecular weight excluding hydrogens is 389 g/mol. The third-order valence-corrected chi connectivity index (χ3v) is 6.46. The predicted octanol–water partition coefficient (Wildman–Crippen LogP) is 5.05. The number of carbonyl (C=O) groups excluding carboxylic acids is 1. The van der Waals surface area contributed by atoms with Crippen molar-refractivity contribution in [1.82, 2.24) is 4.90 Å². The van der Waals surface area contributed by atoms with Crippen LogP contribution in [0.15, 0.2) is 47.4 Å². The largest absolute Gasteiger partial charge is 0.486 e. The molecule has 1 saturated carbocycles. The summed E-state index contributed by atoms with van der Waals surface area (Å²) < 4.78 is 24.5. The van der Waals surface area contributed by atoms with Gasteiger partial charge in [-0.3, -0.25) is 4.79 Å². The molecule has 2 aromatic rings. The lowest BCUT2D eigenvalue weighted by atomic mass is 9.94. The lowest BCUT2D eigenvalue weighted by Crippen LogP contribution is -2.41. The highest BCUT2D eigenvalue weighted by atomic mass is 32.2. The summed E-state index contributed by atoms with van der Waals surface area (Å²) in [5, 5.41) is 0. The predicted molar refractivity (Wildman–Crippen MR) is 112 cm³/mol. The molecule has 0 aromatic heterocycles. The van der Waals surface area contributed by atoms with E-state index in [0.717, 1.165) is 47.6 Å². The van der Waals surface area contributed by atoms with Crippen LogP contribution in [0.5, 0.6) is 11.5 Å². The monoisotopic (exact) mass is 415 g/mol. The Balaban J connectivity index is 1.43. The number of carbonyl (C=O) groups is 1. The van der Waals surface area contributed by atoms with Crippen LogP contribution in [-0.2, 0) is 11.3 Å². The number of benzene rings is 2. The normalized spacial score (nSPS) is 16.4. The summed E-state index contributed by atoms with van der Waals surface area (Å²) in [6.07, 6.45) is 5.64. The van der Waals surface area contributed by atoms with Crippen LogP contribution in [-0.4, -0.2) is 35.8 Å². The van der Waals surface area contributed by atoms with Gasteiger partial charge in [0.1, 0.15) is 19.0 Å². The van der Waals surface area contributed by atoms with E-state index in [4.69, 9.17) is 9.47 Å². The molecule has 1 aliphatic carbocycles. The fraction of sp³-hybridized carbons (Fsp3) is 0.435. The molecule has 154 valence electrons. The van der Waals surface area contributed by atoms with Gasteiger partial charge >= 0.3 is 0 Å². The first-order valence-electron chi connectivity index (χ1n) is 10.3. The second-order valence-electron chi connectivity index (χ2n) is 7.53. The Morgan fingerprint density at radius 3 is 2.48 bits per heavy atom. The van der Waals surface area contributed by atoms with Crippen molar-refractivity contribution in [3.63, 3.8) is 0 Å². The topological polar surface area (TPSA) is 38.8 Å². The fourth-order valence-electron chi connectivity index (χ4n) is 3.94. The summed E-state index contributed by atoms with van der Waals surface area (Å²) in [4.78, 5) is 16.1. The van der Waals surface area contributed by atoms with Crippen molar-refractivity contribution in [2.75, 3.05) is 19.0 Å². The van der Waals surface area contributed by atoms with E-state index in [1.54, 1.807) is 12.1 Å². The van der Waals surface area contributed by atoms with E-state index in [9.17, 15) is 9.18 Å². The number of hydrogen-bond acceptors (Lipinski definition) is 4. The van der Waals surface area contributed by atoms with Crippen LogP contribution in [0.3, 0.4) is 0 Å². The summed E-state index contributed by atoms with van der Waals surface area (Å²) in [6.45, 7) is 1.65. The average Bonchev–Trinajstić information content (AvgIpc) is 2.77. The Labute approximate surface area is 175 Å². The van der Waals surface area contributed by atoms with Crippen LogP contribution < -0.4 is 9.47 Å². The minimum Gasteiger partial charge on any atom is -0.486 e. The van der Waals surface area contributed by atoms with Crippen molar-refractivity contribution < 1.29 is 18.7 Å². The van der Waals surface area contributed by atoms with Gasteiger partial charge in [-0.05, 0) is 48.7 Å². The number of hydrogen-bond donors (Lipinski definition) is 0. The molecule has 0 spiro atoms. The number of rotatable bonds is 6. The third-order valence-electron chi connectivity index (χ3n) is 5.48. The number of thioether (sulfide) groups is 1. The van der Waals surface area contributed by atoms with Crippen molar-refractivity contribution >= 4 is 17.7 Å². The molecule has 0 unspecified atom stereocenters. The summed E-state index contributed by atoms with van der Waals surface area (Å²) in [5.74, 6) is 1.74. The van der Waals surface area contributed by atoms with E-state index in [2.05, 4.69) is 0 Å². The molecule has 2 aromatic carbocycles. The highest BCUT2D eigenvalue weighted by Gasteiger charge is 2.25. The van der Waals surface area contributed by atoms with E-state index in [1.807, 2.05) is 23.1 Å². The van der Waals surface area contributed by atoms with E-state index < -0.39 is 0 Å². The first-order valence-corrected chi connectivity index (χ1v) is 11.2. The lowest BCUT2D eigenvalue weighted by molar-refractivity contribution is -0.132. The van der Waals surface area contributed by atoms with Crippen molar-refractivity contribution in [3.8, 4) is 11.5 Å². The zero-order chi connectivity index (χ0) is 20.1. The smallest absolute Gasteiger partial charge is 0.233 e. The molecule has 0 atom stereocenters. The van der Waals surface area contributed by atoms with E-state index in [0.29, 0.717) is 25.5 Å². The van der Waals surface area contributed by atoms with Crippen LogP contribution >= 0.6 is 11.8 Å². The van der Waals surface area contributed by atoms with Crippen molar-refractivity contribution in [2.24, 2.45) is 0 Å². The fourth-order valence-corrected chi connectivity index (χ4v) is 4.75. The number of ether oxygens (including phenoxy) is 2. The Kier molecular flexibility index (Phi) is 6.60. The Morgan fingerprint density at radius 1 is 1.00 bits per heavy atom. The summed E-state index contributed by atoms with van der Waals surface area (Å²) in [6, 6.07) is 12.5. The molecule has 29 heavy (non-hydrogen) atoms. The van der Waals surface area contributed by atoms with Crippen LogP contribution in [0.2, 0.25) is 0 Å². The molecule has 0 radical (unpaired) electrons. The maximum absolute atomic E-state index is 13.3. The zero-order valence-electron chi connectivity index (χ0n) is 16.4. The molecule has 1 amide bonds. The highest BCUT2D eigenvalue weighted by Crippen LogP contribution is 2.34. The van der Waals surface area contributed by atoms with Gasteiger partial charge in [0, 0.05) is 17.5 Å². The number of amides is 1. The zero-order valence-corrected chi connectivity index (χ0v) is 17.3. The summed E-state index contributed by atoms with van der Waals surface area (Å²) >= 11 is 1.52. The molecule has 2 aliphatic rings. The minimum atomic E-state index is -0.251. The Morgan fingerprint density at radius 2 is 1.72 bits per heavy atom. The highest BCUT2D eigenvalue weighted by molar-refractivity contribution is 8.00. The van der Waals surface area contributed by atoms with E-state index in [-0.39, 0.29) is 17.8 Å². The first-order chi connectivity index (χ1) is 14.2. The lowest BCUT2D eigenvalue weighted by Gasteiger charge is -2.34. The minimum absolute atomic E-state index is 0.126. The van der Waals surface area contributed by atoms with Gasteiger partial charge in [0.15, 0.2) is 11.5 Å². The van der Waals surface area contributed by atoms with Crippen LogP contribution in [0.25, 0.3) is 0 Å². The second kappa shape index (κ2) is 9.53. The van der Waals surface area contributed by atoms with Crippen LogP contribution in [0.4, 0.5) is 4.39 Å². The molecule has 4 rings (SSSR count). The van der Waals surface area contributed by atoms with Gasteiger partial charge in [0.2, 0.25) is 5.91 Å². The molecule has 6 heteroatoms. The number of fused-ring (bicyclic) bond motifs is 1. The molecule has 0 saturated heterocycles. The third kappa shape index (κ3) is 5.24. The molecule has 0 bridgehead atoms. The standard InChI is InChI=1S/C23H26FNO3S/c24-18-8-6-17(7-9-18)15-25(19-4-2-1-3-5-19)23(26)16-29-20-10-11-21-22(14-20)28-13-12-27-21/h6-11,14,19H,1-5,12-13,15-16H2. The number of nitrogens with zero attached hydrogens (tertiary/aromatic N) is 1. The van der Waals surface area contributed by atoms with Crippen molar-refractivity contribution in [2.45, 2.75) is 49.6 Å². The van der Waals surface area contributed by atoms with Gasteiger partial charge in [0.25, 0.3) is 0 Å². The molecule has 1 fully saturated rings. The second-order valence-corrected chi connectivity index (χ2v) is 8.58. The number of halogens is 1. The summed E-state index contributed by atoms with van der Waals surface area (Å²) in [7, 11) is 0. The summed E-state index contributed by atoms with van der Waals surface area (Å²) in [5.41, 5.74) is 0.967. The molecule has 4 nitrogen and oxygen atoms in total. The molecule has 0 N–H and O–H groups in total. The Bertz CT molecular complexity index is 837. The van der Waals surface area contributed by atoms with Gasteiger partial charge < -0.3 is 14.4 Å². The van der Waals surface area contributed by atoms with Crippen LogP contribution in [0, 0.1) is 5.82 Å². The van der Waals surface area contributed by atoms with E-state index in [1.165, 1.54) is 30.3 Å².